The Bertz CT molecular complexity index is 564. The van der Waals surface area contributed by atoms with Crippen molar-refractivity contribution in [1.29, 1.82) is 0 Å². The Kier molecular flexibility index (Phi) is 3.46. The molecule has 0 unspecified atom stereocenters. The molecule has 2 aromatic rings. The van der Waals surface area contributed by atoms with E-state index in [1.807, 2.05) is 13.0 Å². The highest BCUT2D eigenvalue weighted by Gasteiger charge is 2.02. The molecule has 0 atom stereocenters. The molecule has 3 N–H and O–H groups in total. The molecule has 0 radical (unpaired) electrons. The molecule has 0 bridgehead atoms. The second kappa shape index (κ2) is 5.04. The fourth-order valence-electron chi connectivity index (χ4n) is 1.71. The van der Waals surface area contributed by atoms with Gasteiger partial charge in [-0.25, -0.2) is 9.97 Å². The van der Waals surface area contributed by atoms with Crippen LogP contribution in [0.15, 0.2) is 24.3 Å². The van der Waals surface area contributed by atoms with Crippen LogP contribution in [0, 0.1) is 13.8 Å². The van der Waals surface area contributed by atoms with Gasteiger partial charge in [-0.2, -0.15) is 0 Å². The molecule has 4 nitrogen and oxygen atoms in total. The molecular weight excluding hydrogens is 224 g/mol. The van der Waals surface area contributed by atoms with Crippen LogP contribution in [0.1, 0.15) is 23.9 Å². The average Bonchev–Trinajstić information content (AvgIpc) is 2.33. The van der Waals surface area contributed by atoms with Crippen molar-refractivity contribution in [2.45, 2.75) is 27.2 Å². The van der Waals surface area contributed by atoms with Gasteiger partial charge in [0.05, 0.1) is 0 Å². The lowest BCUT2D eigenvalue weighted by molar-refractivity contribution is 0.948. The number of anilines is 3. The molecule has 0 aliphatic heterocycles. The van der Waals surface area contributed by atoms with Crippen molar-refractivity contribution in [1.82, 2.24) is 9.97 Å². The molecule has 2 rings (SSSR count). The fourth-order valence-corrected chi connectivity index (χ4v) is 1.71. The van der Waals surface area contributed by atoms with Crippen molar-refractivity contribution >= 4 is 17.3 Å². The van der Waals surface area contributed by atoms with Gasteiger partial charge in [0.15, 0.2) is 0 Å². The first-order valence-corrected chi connectivity index (χ1v) is 6.06. The largest absolute Gasteiger partial charge is 0.384 e. The van der Waals surface area contributed by atoms with E-state index in [0.717, 1.165) is 23.8 Å². The van der Waals surface area contributed by atoms with Gasteiger partial charge in [-0.3, -0.25) is 0 Å². The highest BCUT2D eigenvalue weighted by atomic mass is 15.0. The van der Waals surface area contributed by atoms with Crippen LogP contribution in [0.2, 0.25) is 0 Å². The third-order valence-electron chi connectivity index (χ3n) is 2.89. The lowest BCUT2D eigenvalue weighted by Crippen LogP contribution is -2.02. The van der Waals surface area contributed by atoms with E-state index < -0.39 is 0 Å². The van der Waals surface area contributed by atoms with E-state index in [9.17, 15) is 0 Å². The minimum absolute atomic E-state index is 0.494. The Labute approximate surface area is 107 Å². The molecule has 1 aromatic carbocycles. The van der Waals surface area contributed by atoms with Crippen molar-refractivity contribution in [3.05, 3.63) is 41.2 Å². The maximum absolute atomic E-state index is 5.75. The quantitative estimate of drug-likeness (QED) is 0.868. The van der Waals surface area contributed by atoms with E-state index in [4.69, 9.17) is 5.73 Å². The summed E-state index contributed by atoms with van der Waals surface area (Å²) in [5.74, 6) is 1.98. The van der Waals surface area contributed by atoms with Crippen molar-refractivity contribution in [3.8, 4) is 0 Å². The van der Waals surface area contributed by atoms with Crippen LogP contribution in [0.3, 0.4) is 0 Å². The van der Waals surface area contributed by atoms with Crippen molar-refractivity contribution < 1.29 is 0 Å². The Morgan fingerprint density at radius 3 is 2.56 bits per heavy atom. The first kappa shape index (κ1) is 12.4. The van der Waals surface area contributed by atoms with Crippen LogP contribution >= 0.6 is 0 Å². The zero-order chi connectivity index (χ0) is 13.1. The van der Waals surface area contributed by atoms with E-state index >= 15 is 0 Å². The summed E-state index contributed by atoms with van der Waals surface area (Å²) in [6.45, 7) is 6.19. The van der Waals surface area contributed by atoms with Crippen LogP contribution in [-0.2, 0) is 6.42 Å². The van der Waals surface area contributed by atoms with Crippen LogP contribution in [0.5, 0.6) is 0 Å². The van der Waals surface area contributed by atoms with Crippen molar-refractivity contribution in [2.75, 3.05) is 11.1 Å². The van der Waals surface area contributed by atoms with Crippen LogP contribution in [0.25, 0.3) is 0 Å². The summed E-state index contributed by atoms with van der Waals surface area (Å²) in [6, 6.07) is 7.96. The first-order valence-electron chi connectivity index (χ1n) is 6.06. The number of rotatable bonds is 3. The highest BCUT2D eigenvalue weighted by molar-refractivity contribution is 5.59. The minimum Gasteiger partial charge on any atom is -0.384 e. The summed E-state index contributed by atoms with van der Waals surface area (Å²) < 4.78 is 0. The molecule has 0 aliphatic carbocycles. The summed E-state index contributed by atoms with van der Waals surface area (Å²) in [7, 11) is 0. The Morgan fingerprint density at radius 2 is 1.89 bits per heavy atom. The summed E-state index contributed by atoms with van der Waals surface area (Å²) in [4.78, 5) is 8.55. The fraction of sp³-hybridized carbons (Fsp3) is 0.286. The molecule has 4 heteroatoms. The maximum atomic E-state index is 5.75. The van der Waals surface area contributed by atoms with Gasteiger partial charge in [0.25, 0.3) is 0 Å². The van der Waals surface area contributed by atoms with Gasteiger partial charge < -0.3 is 11.1 Å². The standard InChI is InChI=1S/C14H18N4/c1-4-13-17-12(15)8-14(18-13)16-11-6-5-9(2)10(3)7-11/h5-8H,4H2,1-3H3,(H3,15,16,17,18). The van der Waals surface area contributed by atoms with Gasteiger partial charge in [0, 0.05) is 18.2 Å². The number of nitrogens with two attached hydrogens (primary N) is 1. The minimum atomic E-state index is 0.494. The molecule has 0 saturated carbocycles. The normalized spacial score (nSPS) is 10.4. The molecule has 0 fully saturated rings. The van der Waals surface area contributed by atoms with E-state index in [1.165, 1.54) is 11.1 Å². The van der Waals surface area contributed by atoms with Gasteiger partial charge in [0.2, 0.25) is 0 Å². The average molecular weight is 242 g/mol. The second-order valence-electron chi connectivity index (χ2n) is 4.37. The van der Waals surface area contributed by atoms with E-state index in [-0.39, 0.29) is 0 Å². The predicted molar refractivity (Wildman–Crippen MR) is 75.0 cm³/mol. The Morgan fingerprint density at radius 1 is 1.11 bits per heavy atom. The van der Waals surface area contributed by atoms with Crippen molar-refractivity contribution in [2.24, 2.45) is 0 Å². The predicted octanol–water partition coefficient (Wildman–Crippen LogP) is 2.98. The number of aromatic nitrogens is 2. The molecule has 1 heterocycles. The lowest BCUT2D eigenvalue weighted by atomic mass is 10.1. The van der Waals surface area contributed by atoms with Crippen molar-refractivity contribution in [3.63, 3.8) is 0 Å². The summed E-state index contributed by atoms with van der Waals surface area (Å²) >= 11 is 0. The molecule has 0 aliphatic rings. The van der Waals surface area contributed by atoms with Crippen LogP contribution < -0.4 is 11.1 Å². The summed E-state index contributed by atoms with van der Waals surface area (Å²) in [5, 5.41) is 3.26. The smallest absolute Gasteiger partial charge is 0.136 e. The van der Waals surface area contributed by atoms with Gasteiger partial charge >= 0.3 is 0 Å². The second-order valence-corrected chi connectivity index (χ2v) is 4.37. The molecule has 94 valence electrons. The van der Waals surface area contributed by atoms with Crippen LogP contribution in [0.4, 0.5) is 17.3 Å². The van der Waals surface area contributed by atoms with E-state index in [2.05, 4.69) is 41.3 Å². The third-order valence-corrected chi connectivity index (χ3v) is 2.89. The number of hydrogen-bond acceptors (Lipinski definition) is 4. The molecular formula is C14H18N4. The molecule has 0 amide bonds. The summed E-state index contributed by atoms with van der Waals surface area (Å²) in [5.41, 5.74) is 9.29. The Hall–Kier alpha value is -2.10. The molecule has 18 heavy (non-hydrogen) atoms. The maximum Gasteiger partial charge on any atom is 0.136 e. The number of nitrogen functional groups attached to an aromatic ring is 1. The SMILES string of the molecule is CCc1nc(N)cc(Nc2ccc(C)c(C)c2)n1. The lowest BCUT2D eigenvalue weighted by Gasteiger charge is -2.09. The zero-order valence-corrected chi connectivity index (χ0v) is 11.0. The number of hydrogen-bond donors (Lipinski definition) is 2. The van der Waals surface area contributed by atoms with Gasteiger partial charge in [-0.15, -0.1) is 0 Å². The van der Waals surface area contributed by atoms with E-state index in [0.29, 0.717) is 5.82 Å². The number of nitrogens with zero attached hydrogens (tertiary/aromatic N) is 2. The molecule has 1 aromatic heterocycles. The van der Waals surface area contributed by atoms with Gasteiger partial charge in [0.1, 0.15) is 17.5 Å². The molecule has 0 saturated heterocycles. The Balaban J connectivity index is 2.27. The third kappa shape index (κ3) is 2.77. The topological polar surface area (TPSA) is 63.8 Å². The first-order chi connectivity index (χ1) is 8.58. The summed E-state index contributed by atoms with van der Waals surface area (Å²) in [6.07, 6.45) is 0.770. The number of benzene rings is 1. The van der Waals surface area contributed by atoms with Gasteiger partial charge in [-0.1, -0.05) is 13.0 Å². The van der Waals surface area contributed by atoms with E-state index in [1.54, 1.807) is 6.07 Å². The zero-order valence-electron chi connectivity index (χ0n) is 11.0. The molecule has 0 spiro atoms. The van der Waals surface area contributed by atoms with Crippen LogP contribution in [-0.4, -0.2) is 9.97 Å². The van der Waals surface area contributed by atoms with Gasteiger partial charge in [-0.05, 0) is 37.1 Å². The number of nitrogens with one attached hydrogen (secondary N) is 1. The monoisotopic (exact) mass is 242 g/mol. The number of aryl methyl sites for hydroxylation is 3. The highest BCUT2D eigenvalue weighted by Crippen LogP contribution is 2.19.